The zero-order valence-electron chi connectivity index (χ0n) is 8.61. The van der Waals surface area contributed by atoms with E-state index in [0.717, 1.165) is 0 Å². The van der Waals surface area contributed by atoms with E-state index in [4.69, 9.17) is 28.3 Å². The Morgan fingerprint density at radius 3 is 2.65 bits per heavy atom. The first kappa shape index (κ1) is 13.5. The van der Waals surface area contributed by atoms with Crippen LogP contribution in [0.15, 0.2) is 24.3 Å². The highest BCUT2D eigenvalue weighted by molar-refractivity contribution is 6.35. The summed E-state index contributed by atoms with van der Waals surface area (Å²) in [6.45, 7) is -0.419. The summed E-state index contributed by atoms with van der Waals surface area (Å²) < 4.78 is 0. The molecule has 0 heterocycles. The number of hydrogen-bond acceptors (Lipinski definition) is 2. The van der Waals surface area contributed by atoms with Crippen LogP contribution in [-0.2, 0) is 9.59 Å². The van der Waals surface area contributed by atoms with Crippen LogP contribution in [0.5, 0.6) is 0 Å². The quantitative estimate of drug-likeness (QED) is 0.827. The van der Waals surface area contributed by atoms with Crippen LogP contribution in [0.4, 0.5) is 0 Å². The number of carboxylic acids is 1. The van der Waals surface area contributed by atoms with Crippen molar-refractivity contribution in [1.29, 1.82) is 0 Å². The Labute approximate surface area is 108 Å². The van der Waals surface area contributed by atoms with E-state index in [1.807, 2.05) is 0 Å². The maximum absolute atomic E-state index is 11.2. The Morgan fingerprint density at radius 1 is 1.35 bits per heavy atom. The molecular formula is C11H9Cl2NO3. The average molecular weight is 274 g/mol. The van der Waals surface area contributed by atoms with Crippen LogP contribution < -0.4 is 5.32 Å². The van der Waals surface area contributed by atoms with Crippen molar-refractivity contribution in [2.24, 2.45) is 0 Å². The minimum absolute atomic E-state index is 0.416. The molecular weight excluding hydrogens is 265 g/mol. The molecule has 0 fully saturated rings. The zero-order chi connectivity index (χ0) is 12.8. The van der Waals surface area contributed by atoms with Crippen molar-refractivity contribution in [2.75, 3.05) is 6.54 Å². The lowest BCUT2D eigenvalue weighted by atomic mass is 10.2. The summed E-state index contributed by atoms with van der Waals surface area (Å²) in [5.41, 5.74) is 0.626. The Kier molecular flexibility index (Phi) is 5.00. The van der Waals surface area contributed by atoms with Gasteiger partial charge in [0.05, 0.1) is 0 Å². The third-order valence-electron chi connectivity index (χ3n) is 1.79. The molecule has 1 aromatic rings. The number of nitrogens with one attached hydrogen (secondary N) is 1. The van der Waals surface area contributed by atoms with E-state index in [0.29, 0.717) is 15.6 Å². The van der Waals surface area contributed by atoms with Crippen molar-refractivity contribution < 1.29 is 14.7 Å². The summed E-state index contributed by atoms with van der Waals surface area (Å²) in [6, 6.07) is 4.85. The highest BCUT2D eigenvalue weighted by Crippen LogP contribution is 2.21. The summed E-state index contributed by atoms with van der Waals surface area (Å²) in [5, 5.41) is 11.5. The molecule has 0 saturated heterocycles. The van der Waals surface area contributed by atoms with Crippen molar-refractivity contribution in [3.63, 3.8) is 0 Å². The maximum atomic E-state index is 11.2. The second-order valence-corrected chi connectivity index (χ2v) is 3.95. The second-order valence-electron chi connectivity index (χ2n) is 3.11. The highest BCUT2D eigenvalue weighted by atomic mass is 35.5. The Morgan fingerprint density at radius 2 is 2.06 bits per heavy atom. The van der Waals surface area contributed by atoms with E-state index >= 15 is 0 Å². The predicted octanol–water partition coefficient (Wildman–Crippen LogP) is 2.21. The van der Waals surface area contributed by atoms with E-state index < -0.39 is 18.4 Å². The number of hydrogen-bond donors (Lipinski definition) is 2. The molecule has 0 aliphatic heterocycles. The van der Waals surface area contributed by atoms with Gasteiger partial charge in [-0.1, -0.05) is 29.3 Å². The van der Waals surface area contributed by atoms with Crippen LogP contribution in [-0.4, -0.2) is 23.5 Å². The lowest BCUT2D eigenvalue weighted by Crippen LogP contribution is -2.27. The Balaban J connectivity index is 2.64. The number of aliphatic carboxylic acids is 1. The van der Waals surface area contributed by atoms with Crippen molar-refractivity contribution in [3.05, 3.63) is 39.9 Å². The molecule has 0 aromatic heterocycles. The smallest absolute Gasteiger partial charge is 0.322 e. The molecule has 2 N–H and O–H groups in total. The lowest BCUT2D eigenvalue weighted by molar-refractivity contribution is -0.137. The number of carboxylic acid groups (broad SMARTS) is 1. The van der Waals surface area contributed by atoms with Crippen LogP contribution in [0, 0.1) is 0 Å². The summed E-state index contributed by atoms with van der Waals surface area (Å²) in [7, 11) is 0. The predicted molar refractivity (Wildman–Crippen MR) is 66.1 cm³/mol. The first-order valence-corrected chi connectivity index (χ1v) is 5.37. The van der Waals surface area contributed by atoms with Crippen molar-refractivity contribution >= 4 is 41.2 Å². The van der Waals surface area contributed by atoms with Gasteiger partial charge in [-0.3, -0.25) is 9.59 Å². The first-order chi connectivity index (χ1) is 7.99. The van der Waals surface area contributed by atoms with Gasteiger partial charge in [0.25, 0.3) is 0 Å². The van der Waals surface area contributed by atoms with Crippen molar-refractivity contribution in [3.8, 4) is 0 Å². The third kappa shape index (κ3) is 4.89. The third-order valence-corrected chi connectivity index (χ3v) is 2.35. The number of carbonyl (C=O) groups excluding carboxylic acids is 1. The van der Waals surface area contributed by atoms with E-state index in [-0.39, 0.29) is 0 Å². The molecule has 17 heavy (non-hydrogen) atoms. The number of amides is 1. The Hall–Kier alpha value is -1.52. The molecule has 1 rings (SSSR count). The first-order valence-electron chi connectivity index (χ1n) is 4.62. The fourth-order valence-electron chi connectivity index (χ4n) is 1.02. The standard InChI is InChI=1S/C11H9Cl2NO3/c12-8-3-1-7(9(13)5-8)2-4-10(15)14-6-11(16)17/h1-5H,6H2,(H,14,15)(H,16,17). The molecule has 0 aliphatic carbocycles. The number of carbonyl (C=O) groups is 2. The van der Waals surface area contributed by atoms with Gasteiger partial charge in [0, 0.05) is 16.1 Å². The molecule has 1 aromatic carbocycles. The zero-order valence-corrected chi connectivity index (χ0v) is 10.1. The van der Waals surface area contributed by atoms with E-state index in [1.54, 1.807) is 18.2 Å². The fraction of sp³-hybridized carbons (Fsp3) is 0.0909. The van der Waals surface area contributed by atoms with Crippen LogP contribution in [0.25, 0.3) is 6.08 Å². The van der Waals surface area contributed by atoms with Gasteiger partial charge in [-0.15, -0.1) is 0 Å². The van der Waals surface area contributed by atoms with Crippen LogP contribution in [0.3, 0.4) is 0 Å². The van der Waals surface area contributed by atoms with Gasteiger partial charge in [0.2, 0.25) is 5.91 Å². The molecule has 4 nitrogen and oxygen atoms in total. The van der Waals surface area contributed by atoms with Crippen LogP contribution >= 0.6 is 23.2 Å². The summed E-state index contributed by atoms with van der Waals surface area (Å²) in [5.74, 6) is -1.60. The van der Waals surface area contributed by atoms with Crippen molar-refractivity contribution in [2.45, 2.75) is 0 Å². The fourth-order valence-corrected chi connectivity index (χ4v) is 1.50. The molecule has 0 unspecified atom stereocenters. The van der Waals surface area contributed by atoms with Gasteiger partial charge in [-0.05, 0) is 23.8 Å². The van der Waals surface area contributed by atoms with E-state index in [9.17, 15) is 9.59 Å². The summed E-state index contributed by atoms with van der Waals surface area (Å²) in [6.07, 6.45) is 2.69. The van der Waals surface area contributed by atoms with E-state index in [1.165, 1.54) is 12.2 Å². The topological polar surface area (TPSA) is 66.4 Å². The highest BCUT2D eigenvalue weighted by Gasteiger charge is 2.01. The minimum atomic E-state index is -1.10. The van der Waals surface area contributed by atoms with Gasteiger partial charge in [0.15, 0.2) is 0 Å². The molecule has 0 saturated carbocycles. The van der Waals surface area contributed by atoms with Gasteiger partial charge >= 0.3 is 5.97 Å². The van der Waals surface area contributed by atoms with Gasteiger partial charge in [-0.25, -0.2) is 0 Å². The SMILES string of the molecule is O=C(O)CNC(=O)C=Cc1ccc(Cl)cc1Cl. The van der Waals surface area contributed by atoms with Crippen molar-refractivity contribution in [1.82, 2.24) is 5.32 Å². The van der Waals surface area contributed by atoms with Gasteiger partial charge in [0.1, 0.15) is 6.54 Å². The number of benzene rings is 1. The molecule has 0 aliphatic rings. The summed E-state index contributed by atoms with van der Waals surface area (Å²) in [4.78, 5) is 21.4. The number of rotatable bonds is 4. The number of halogens is 2. The maximum Gasteiger partial charge on any atom is 0.322 e. The van der Waals surface area contributed by atoms with E-state index in [2.05, 4.69) is 5.32 Å². The molecule has 0 atom stereocenters. The monoisotopic (exact) mass is 273 g/mol. The molecule has 0 radical (unpaired) electrons. The largest absolute Gasteiger partial charge is 0.480 e. The molecule has 0 bridgehead atoms. The van der Waals surface area contributed by atoms with Gasteiger partial charge in [-0.2, -0.15) is 0 Å². The average Bonchev–Trinajstić information content (AvgIpc) is 2.25. The molecule has 0 spiro atoms. The lowest BCUT2D eigenvalue weighted by Gasteiger charge is -1.99. The van der Waals surface area contributed by atoms with Gasteiger partial charge < -0.3 is 10.4 Å². The normalized spacial score (nSPS) is 10.5. The molecule has 90 valence electrons. The summed E-state index contributed by atoms with van der Waals surface area (Å²) >= 11 is 11.6. The molecule has 1 amide bonds. The second kappa shape index (κ2) is 6.27. The van der Waals surface area contributed by atoms with Crippen LogP contribution in [0.1, 0.15) is 5.56 Å². The van der Waals surface area contributed by atoms with Crippen LogP contribution in [0.2, 0.25) is 10.0 Å². The Bertz CT molecular complexity index is 472. The molecule has 6 heteroatoms. The minimum Gasteiger partial charge on any atom is -0.480 e.